The van der Waals surface area contributed by atoms with Gasteiger partial charge in [0.15, 0.2) is 11.2 Å². The molecule has 4 N–H and O–H groups in total. The Balaban J connectivity index is 2.20. The van der Waals surface area contributed by atoms with Crippen LogP contribution < -0.4 is 16.6 Å². The molecule has 2 rings (SSSR count). The van der Waals surface area contributed by atoms with Crippen LogP contribution in [0.4, 0.5) is 5.95 Å². The van der Waals surface area contributed by atoms with Crippen molar-refractivity contribution in [3.8, 4) is 0 Å². The molecule has 2 aromatic rings. The number of aryl methyl sites for hydroxylation is 1. The molecule has 0 bridgehead atoms. The Hall–Kier alpha value is -2.13. The molecular weight excluding hydrogens is 326 g/mol. The van der Waals surface area contributed by atoms with E-state index in [4.69, 9.17) is 5.11 Å². The number of fused-ring (bicyclic) bond motifs is 1. The van der Waals surface area contributed by atoms with Gasteiger partial charge in [-0.05, 0) is 39.0 Å². The molecule has 2 heterocycles. The zero-order valence-electron chi connectivity index (χ0n) is 14.8. The second-order valence-corrected chi connectivity index (χ2v) is 6.28. The van der Waals surface area contributed by atoms with Gasteiger partial charge >= 0.3 is 5.69 Å². The predicted octanol–water partition coefficient (Wildman–Crippen LogP) is 0.159. The first kappa shape index (κ1) is 19.2. The Bertz CT molecular complexity index is 805. The summed E-state index contributed by atoms with van der Waals surface area (Å²) in [6, 6.07) is 0. The van der Waals surface area contributed by atoms with Crippen molar-refractivity contribution in [1.29, 1.82) is 0 Å². The molecule has 9 heteroatoms. The minimum atomic E-state index is -0.395. The summed E-state index contributed by atoms with van der Waals surface area (Å²) in [6.07, 6.45) is 3.11. The van der Waals surface area contributed by atoms with E-state index in [0.29, 0.717) is 49.5 Å². The average Bonchev–Trinajstić information content (AvgIpc) is 3.00. The molecule has 0 aliphatic carbocycles. The quantitative estimate of drug-likeness (QED) is 0.451. The highest BCUT2D eigenvalue weighted by atomic mass is 16.3. The van der Waals surface area contributed by atoms with Crippen LogP contribution in [-0.4, -0.2) is 48.6 Å². The third-order valence-electron chi connectivity index (χ3n) is 4.11. The van der Waals surface area contributed by atoms with E-state index in [9.17, 15) is 14.7 Å². The Kier molecular flexibility index (Phi) is 6.77. The number of aliphatic hydroxyl groups excluding tert-OH is 2. The van der Waals surface area contributed by atoms with Gasteiger partial charge in [-0.15, -0.1) is 0 Å². The number of nitrogens with one attached hydrogen (secondary N) is 2. The number of aromatic nitrogens is 4. The van der Waals surface area contributed by atoms with Crippen molar-refractivity contribution in [2.24, 2.45) is 7.05 Å². The van der Waals surface area contributed by atoms with E-state index >= 15 is 0 Å². The highest BCUT2D eigenvalue weighted by molar-refractivity contribution is 5.72. The fraction of sp³-hybridized carbons (Fsp3) is 0.688. The number of rotatable bonds is 10. The predicted molar refractivity (Wildman–Crippen MR) is 95.9 cm³/mol. The number of anilines is 1. The Morgan fingerprint density at radius 1 is 1.24 bits per heavy atom. The van der Waals surface area contributed by atoms with E-state index in [1.165, 1.54) is 9.13 Å². The topological polar surface area (TPSA) is 125 Å². The summed E-state index contributed by atoms with van der Waals surface area (Å²) in [6.45, 7) is 2.78. The molecule has 0 aliphatic heterocycles. The van der Waals surface area contributed by atoms with Crippen molar-refractivity contribution in [2.45, 2.75) is 51.7 Å². The van der Waals surface area contributed by atoms with Crippen LogP contribution in [0.1, 0.15) is 39.0 Å². The van der Waals surface area contributed by atoms with Gasteiger partial charge in [-0.25, -0.2) is 4.79 Å². The molecule has 25 heavy (non-hydrogen) atoms. The zero-order chi connectivity index (χ0) is 18.4. The molecule has 140 valence electrons. The normalized spacial score (nSPS) is 12.6. The van der Waals surface area contributed by atoms with Crippen molar-refractivity contribution >= 4 is 17.1 Å². The number of aromatic amines is 1. The van der Waals surface area contributed by atoms with E-state index in [2.05, 4.69) is 15.3 Å². The van der Waals surface area contributed by atoms with Crippen LogP contribution in [-0.2, 0) is 13.6 Å². The monoisotopic (exact) mass is 353 g/mol. The van der Waals surface area contributed by atoms with E-state index in [0.717, 1.165) is 12.8 Å². The first-order valence-electron chi connectivity index (χ1n) is 8.68. The number of hydrogen-bond donors (Lipinski definition) is 4. The first-order valence-corrected chi connectivity index (χ1v) is 8.68. The fourth-order valence-corrected chi connectivity index (χ4v) is 2.68. The maximum Gasteiger partial charge on any atom is 0.332 e. The first-order chi connectivity index (χ1) is 12.0. The molecule has 0 radical (unpaired) electrons. The number of hydrogen-bond acceptors (Lipinski definition) is 6. The maximum absolute atomic E-state index is 12.6. The van der Waals surface area contributed by atoms with Gasteiger partial charge in [0.05, 0.1) is 6.10 Å². The number of H-pyrrole nitrogens is 1. The lowest BCUT2D eigenvalue weighted by Gasteiger charge is -2.08. The van der Waals surface area contributed by atoms with E-state index in [-0.39, 0.29) is 18.3 Å². The molecule has 0 spiro atoms. The average molecular weight is 353 g/mol. The van der Waals surface area contributed by atoms with Gasteiger partial charge in [-0.3, -0.25) is 13.9 Å². The van der Waals surface area contributed by atoms with Crippen molar-refractivity contribution in [2.75, 3.05) is 18.5 Å². The highest BCUT2D eigenvalue weighted by Gasteiger charge is 2.15. The van der Waals surface area contributed by atoms with Crippen LogP contribution in [0.2, 0.25) is 0 Å². The van der Waals surface area contributed by atoms with Gasteiger partial charge in [0.1, 0.15) is 0 Å². The van der Waals surface area contributed by atoms with Crippen LogP contribution in [0.25, 0.3) is 11.2 Å². The van der Waals surface area contributed by atoms with Gasteiger partial charge in [-0.2, -0.15) is 4.98 Å². The standard InChI is InChI=1S/C16H27N5O4/c1-11(23)7-3-5-9-21-14(24)12-13(20(2)16(21)25)19-15(18-12)17-8-4-6-10-22/h11,22-23H,3-10H2,1-2H3,(H2,17,18,19). The third kappa shape index (κ3) is 4.70. The summed E-state index contributed by atoms with van der Waals surface area (Å²) in [7, 11) is 1.59. The largest absolute Gasteiger partial charge is 0.396 e. The molecule has 0 saturated heterocycles. The van der Waals surface area contributed by atoms with Gasteiger partial charge in [0.25, 0.3) is 5.56 Å². The van der Waals surface area contributed by atoms with E-state index in [1.807, 2.05) is 0 Å². The van der Waals surface area contributed by atoms with Crippen molar-refractivity contribution in [3.63, 3.8) is 0 Å². The van der Waals surface area contributed by atoms with Gasteiger partial charge < -0.3 is 20.5 Å². The van der Waals surface area contributed by atoms with Crippen LogP contribution in [0.3, 0.4) is 0 Å². The molecule has 9 nitrogen and oxygen atoms in total. The summed E-state index contributed by atoms with van der Waals surface area (Å²) in [5.74, 6) is 0.437. The minimum Gasteiger partial charge on any atom is -0.396 e. The summed E-state index contributed by atoms with van der Waals surface area (Å²) in [4.78, 5) is 32.2. The second-order valence-electron chi connectivity index (χ2n) is 6.28. The van der Waals surface area contributed by atoms with Crippen molar-refractivity contribution in [1.82, 2.24) is 19.1 Å². The molecule has 0 aromatic carbocycles. The molecule has 2 aromatic heterocycles. The van der Waals surface area contributed by atoms with Crippen LogP contribution in [0, 0.1) is 0 Å². The molecule has 1 atom stereocenters. The van der Waals surface area contributed by atoms with E-state index in [1.54, 1.807) is 14.0 Å². The smallest absolute Gasteiger partial charge is 0.332 e. The van der Waals surface area contributed by atoms with Crippen molar-refractivity contribution in [3.05, 3.63) is 20.8 Å². The lowest BCUT2D eigenvalue weighted by molar-refractivity contribution is 0.180. The molecule has 0 saturated carbocycles. The summed E-state index contributed by atoms with van der Waals surface area (Å²) in [5, 5.41) is 21.1. The lowest BCUT2D eigenvalue weighted by atomic mass is 10.2. The van der Waals surface area contributed by atoms with E-state index < -0.39 is 5.69 Å². The molecular formula is C16H27N5O4. The van der Waals surface area contributed by atoms with Gasteiger partial charge in [-0.1, -0.05) is 0 Å². The van der Waals surface area contributed by atoms with Crippen LogP contribution >= 0.6 is 0 Å². The zero-order valence-corrected chi connectivity index (χ0v) is 14.8. The van der Waals surface area contributed by atoms with Crippen LogP contribution in [0.15, 0.2) is 9.59 Å². The molecule has 1 unspecified atom stereocenters. The third-order valence-corrected chi connectivity index (χ3v) is 4.11. The maximum atomic E-state index is 12.6. The number of imidazole rings is 1. The summed E-state index contributed by atoms with van der Waals surface area (Å²) in [5.41, 5.74) is -0.166. The van der Waals surface area contributed by atoms with Gasteiger partial charge in [0, 0.05) is 26.7 Å². The SMILES string of the molecule is CC(O)CCCCn1c(=O)c2[nH]c(NCCCCO)nc2n(C)c1=O. The second kappa shape index (κ2) is 8.82. The Labute approximate surface area is 145 Å². The number of nitrogens with zero attached hydrogens (tertiary/aromatic N) is 3. The number of unbranched alkanes of at least 4 members (excludes halogenated alkanes) is 2. The number of aliphatic hydroxyl groups is 2. The van der Waals surface area contributed by atoms with Crippen LogP contribution in [0.5, 0.6) is 0 Å². The fourth-order valence-electron chi connectivity index (χ4n) is 2.68. The summed E-state index contributed by atoms with van der Waals surface area (Å²) >= 11 is 0. The summed E-state index contributed by atoms with van der Waals surface area (Å²) < 4.78 is 2.57. The molecule has 0 amide bonds. The lowest BCUT2D eigenvalue weighted by Crippen LogP contribution is -2.39. The van der Waals surface area contributed by atoms with Crippen molar-refractivity contribution < 1.29 is 10.2 Å². The van der Waals surface area contributed by atoms with Gasteiger partial charge in [0.2, 0.25) is 5.95 Å². The molecule has 0 aliphatic rings. The Morgan fingerprint density at radius 2 is 2.00 bits per heavy atom. The minimum absolute atomic E-state index is 0.135. The highest BCUT2D eigenvalue weighted by Crippen LogP contribution is 2.09. The Morgan fingerprint density at radius 3 is 2.68 bits per heavy atom. The molecule has 0 fully saturated rings.